The standard InChI is InChI=1S/C24H21FN4O3/c25-18-10-12-19(13-11-18)27-24(32)29-16-23(31)28(20-8-4-5-9-21(20)29)15-22(30)26-14-17-6-2-1-3-7-17/h1-13H,14-16H2,(H,26,30)(H,27,32). The Morgan fingerprint density at radius 1 is 0.875 bits per heavy atom. The van der Waals surface area contributed by atoms with E-state index in [1.807, 2.05) is 30.3 Å². The molecule has 0 radical (unpaired) electrons. The summed E-state index contributed by atoms with van der Waals surface area (Å²) in [5.74, 6) is -1.10. The minimum Gasteiger partial charge on any atom is -0.350 e. The van der Waals surface area contributed by atoms with Crippen LogP contribution in [0.15, 0.2) is 78.9 Å². The van der Waals surface area contributed by atoms with Gasteiger partial charge in [0.05, 0.1) is 11.4 Å². The van der Waals surface area contributed by atoms with Crippen molar-refractivity contribution < 1.29 is 18.8 Å². The van der Waals surface area contributed by atoms with Crippen molar-refractivity contribution in [1.82, 2.24) is 5.32 Å². The van der Waals surface area contributed by atoms with Gasteiger partial charge in [0.2, 0.25) is 11.8 Å². The molecule has 162 valence electrons. The van der Waals surface area contributed by atoms with E-state index in [9.17, 15) is 18.8 Å². The number of carbonyl (C=O) groups is 3. The van der Waals surface area contributed by atoms with E-state index in [4.69, 9.17) is 0 Å². The molecule has 1 heterocycles. The van der Waals surface area contributed by atoms with E-state index in [-0.39, 0.29) is 24.9 Å². The summed E-state index contributed by atoms with van der Waals surface area (Å²) >= 11 is 0. The molecule has 3 aromatic rings. The maximum Gasteiger partial charge on any atom is 0.326 e. The third kappa shape index (κ3) is 4.75. The van der Waals surface area contributed by atoms with Crippen molar-refractivity contribution in [2.75, 3.05) is 28.2 Å². The van der Waals surface area contributed by atoms with E-state index in [1.165, 1.54) is 34.1 Å². The van der Waals surface area contributed by atoms with Gasteiger partial charge in [-0.3, -0.25) is 19.4 Å². The Balaban J connectivity index is 1.48. The second-order valence-electron chi connectivity index (χ2n) is 7.25. The highest BCUT2D eigenvalue weighted by atomic mass is 19.1. The molecule has 3 aromatic carbocycles. The Hall–Kier alpha value is -4.20. The number of hydrogen-bond acceptors (Lipinski definition) is 3. The molecule has 2 N–H and O–H groups in total. The average Bonchev–Trinajstić information content (AvgIpc) is 2.81. The molecular formula is C24H21FN4O3. The van der Waals surface area contributed by atoms with Gasteiger partial charge >= 0.3 is 6.03 Å². The second-order valence-corrected chi connectivity index (χ2v) is 7.25. The average molecular weight is 432 g/mol. The largest absolute Gasteiger partial charge is 0.350 e. The predicted molar refractivity (Wildman–Crippen MR) is 120 cm³/mol. The number of nitrogens with zero attached hydrogens (tertiary/aromatic N) is 2. The number of fused-ring (bicyclic) bond motifs is 1. The molecule has 0 fully saturated rings. The highest BCUT2D eigenvalue weighted by Gasteiger charge is 2.33. The van der Waals surface area contributed by atoms with Crippen LogP contribution in [0.25, 0.3) is 0 Å². The Morgan fingerprint density at radius 2 is 1.53 bits per heavy atom. The molecule has 0 unspecified atom stereocenters. The SMILES string of the molecule is O=C(CN1C(=O)CN(C(=O)Nc2ccc(F)cc2)c2ccccc21)NCc1ccccc1. The zero-order chi connectivity index (χ0) is 22.5. The summed E-state index contributed by atoms with van der Waals surface area (Å²) in [4.78, 5) is 40.8. The summed E-state index contributed by atoms with van der Waals surface area (Å²) in [5, 5.41) is 5.48. The van der Waals surface area contributed by atoms with Gasteiger partial charge in [-0.15, -0.1) is 0 Å². The van der Waals surface area contributed by atoms with E-state index in [2.05, 4.69) is 10.6 Å². The Morgan fingerprint density at radius 3 is 2.25 bits per heavy atom. The normalized spacial score (nSPS) is 12.8. The fraction of sp³-hybridized carbons (Fsp3) is 0.125. The molecule has 32 heavy (non-hydrogen) atoms. The first-order valence-electron chi connectivity index (χ1n) is 10.1. The number of hydrogen-bond donors (Lipinski definition) is 2. The lowest BCUT2D eigenvalue weighted by Crippen LogP contribution is -2.51. The van der Waals surface area contributed by atoms with Crippen molar-refractivity contribution in [1.29, 1.82) is 0 Å². The molecule has 4 amide bonds. The summed E-state index contributed by atoms with van der Waals surface area (Å²) in [6, 6.07) is 21.2. The van der Waals surface area contributed by atoms with Gasteiger partial charge in [0.1, 0.15) is 18.9 Å². The number of rotatable bonds is 5. The minimum absolute atomic E-state index is 0.157. The van der Waals surface area contributed by atoms with E-state index < -0.39 is 11.8 Å². The Kier molecular flexibility index (Phi) is 6.12. The molecule has 0 aromatic heterocycles. The first-order chi connectivity index (χ1) is 15.5. The second kappa shape index (κ2) is 9.30. The Labute approximate surface area is 184 Å². The lowest BCUT2D eigenvalue weighted by atomic mass is 10.1. The van der Waals surface area contributed by atoms with Gasteiger partial charge < -0.3 is 10.6 Å². The van der Waals surface area contributed by atoms with Gasteiger partial charge in [-0.25, -0.2) is 9.18 Å². The third-order valence-corrected chi connectivity index (χ3v) is 5.03. The summed E-state index contributed by atoms with van der Waals surface area (Å²) in [6.45, 7) is -0.0261. The van der Waals surface area contributed by atoms with Crippen molar-refractivity contribution in [3.63, 3.8) is 0 Å². The lowest BCUT2D eigenvalue weighted by Gasteiger charge is -2.35. The van der Waals surface area contributed by atoms with Gasteiger partial charge in [-0.2, -0.15) is 0 Å². The molecule has 4 rings (SSSR count). The van der Waals surface area contributed by atoms with Crippen LogP contribution in [0, 0.1) is 5.82 Å². The summed E-state index contributed by atoms with van der Waals surface area (Å²) in [7, 11) is 0. The highest BCUT2D eigenvalue weighted by Crippen LogP contribution is 2.33. The minimum atomic E-state index is -0.523. The monoisotopic (exact) mass is 432 g/mol. The van der Waals surface area contributed by atoms with E-state index in [0.717, 1.165) is 5.56 Å². The molecule has 0 saturated carbocycles. The van der Waals surface area contributed by atoms with Gasteiger partial charge in [-0.05, 0) is 42.0 Å². The molecule has 0 aliphatic carbocycles. The molecule has 1 aliphatic heterocycles. The van der Waals surface area contributed by atoms with Crippen LogP contribution < -0.4 is 20.4 Å². The molecule has 8 heteroatoms. The van der Waals surface area contributed by atoms with Gasteiger partial charge in [0.25, 0.3) is 0 Å². The smallest absolute Gasteiger partial charge is 0.326 e. The van der Waals surface area contributed by atoms with Crippen LogP contribution in [0.3, 0.4) is 0 Å². The Bertz CT molecular complexity index is 1140. The van der Waals surface area contributed by atoms with Crippen LogP contribution in [-0.4, -0.2) is 30.9 Å². The van der Waals surface area contributed by atoms with Crippen molar-refractivity contribution in [2.24, 2.45) is 0 Å². The number of anilines is 3. The van der Waals surface area contributed by atoms with Crippen molar-refractivity contribution in [2.45, 2.75) is 6.54 Å². The van der Waals surface area contributed by atoms with Gasteiger partial charge in [0, 0.05) is 12.2 Å². The van der Waals surface area contributed by atoms with E-state index >= 15 is 0 Å². The molecule has 1 aliphatic rings. The molecule has 0 spiro atoms. The number of urea groups is 1. The summed E-state index contributed by atoms with van der Waals surface area (Å²) in [5.41, 5.74) is 2.33. The number of carbonyl (C=O) groups excluding carboxylic acids is 3. The quantitative estimate of drug-likeness (QED) is 0.647. The summed E-state index contributed by atoms with van der Waals surface area (Å²) < 4.78 is 13.1. The summed E-state index contributed by atoms with van der Waals surface area (Å²) in [6.07, 6.45) is 0. The first kappa shape index (κ1) is 21.0. The molecule has 0 atom stereocenters. The number of nitrogens with one attached hydrogen (secondary N) is 2. The zero-order valence-electron chi connectivity index (χ0n) is 17.1. The molecule has 7 nitrogen and oxygen atoms in total. The van der Waals surface area contributed by atoms with E-state index in [0.29, 0.717) is 23.6 Å². The first-order valence-corrected chi connectivity index (χ1v) is 10.1. The fourth-order valence-corrected chi connectivity index (χ4v) is 3.44. The number of benzene rings is 3. The molecular weight excluding hydrogens is 411 g/mol. The van der Waals surface area contributed by atoms with Gasteiger partial charge in [0.15, 0.2) is 0 Å². The van der Waals surface area contributed by atoms with E-state index in [1.54, 1.807) is 24.3 Å². The lowest BCUT2D eigenvalue weighted by molar-refractivity contribution is -0.123. The highest BCUT2D eigenvalue weighted by molar-refractivity contribution is 6.14. The van der Waals surface area contributed by atoms with Crippen LogP contribution in [0.5, 0.6) is 0 Å². The number of halogens is 1. The third-order valence-electron chi connectivity index (χ3n) is 5.03. The zero-order valence-corrected chi connectivity index (χ0v) is 17.1. The van der Waals surface area contributed by atoms with Crippen LogP contribution >= 0.6 is 0 Å². The van der Waals surface area contributed by atoms with Crippen LogP contribution in [-0.2, 0) is 16.1 Å². The van der Waals surface area contributed by atoms with Crippen LogP contribution in [0.1, 0.15) is 5.56 Å². The van der Waals surface area contributed by atoms with Crippen LogP contribution in [0.4, 0.5) is 26.2 Å². The predicted octanol–water partition coefficient (Wildman–Crippen LogP) is 3.53. The molecule has 0 saturated heterocycles. The van der Waals surface area contributed by atoms with Gasteiger partial charge in [-0.1, -0.05) is 42.5 Å². The van der Waals surface area contributed by atoms with Crippen molar-refractivity contribution >= 4 is 34.9 Å². The van der Waals surface area contributed by atoms with Crippen LogP contribution in [0.2, 0.25) is 0 Å². The molecule has 0 bridgehead atoms. The maximum atomic E-state index is 13.1. The van der Waals surface area contributed by atoms with Crippen molar-refractivity contribution in [3.05, 3.63) is 90.2 Å². The maximum absolute atomic E-state index is 13.1. The van der Waals surface area contributed by atoms with Crippen molar-refractivity contribution in [3.8, 4) is 0 Å². The number of para-hydroxylation sites is 2. The number of amides is 4. The topological polar surface area (TPSA) is 81.8 Å². The fourth-order valence-electron chi connectivity index (χ4n) is 3.44.